The third-order valence-electron chi connectivity index (χ3n) is 3.81. The number of nitrogens with zero attached hydrogens (tertiary/aromatic N) is 1. The van der Waals surface area contributed by atoms with Crippen LogP contribution in [0.15, 0.2) is 18.2 Å². The molecule has 2 heteroatoms. The summed E-state index contributed by atoms with van der Waals surface area (Å²) in [6.07, 6.45) is 2.77. The van der Waals surface area contributed by atoms with Gasteiger partial charge in [-0.05, 0) is 43.7 Å². The average molecular weight is 218 g/mol. The summed E-state index contributed by atoms with van der Waals surface area (Å²) in [5.74, 6) is 0.884. The van der Waals surface area contributed by atoms with Crippen molar-refractivity contribution in [3.8, 4) is 0 Å². The first-order valence-electron chi connectivity index (χ1n) is 6.16. The van der Waals surface area contributed by atoms with E-state index in [0.29, 0.717) is 12.6 Å². The lowest BCUT2D eigenvalue weighted by molar-refractivity contribution is 0.606. The van der Waals surface area contributed by atoms with E-state index in [1.165, 1.54) is 29.7 Å². The number of hydrogen-bond acceptors (Lipinski definition) is 2. The molecule has 2 nitrogen and oxygen atoms in total. The van der Waals surface area contributed by atoms with Crippen molar-refractivity contribution < 1.29 is 0 Å². The Morgan fingerprint density at radius 2 is 2.12 bits per heavy atom. The first-order valence-corrected chi connectivity index (χ1v) is 6.16. The Hall–Kier alpha value is -1.02. The first-order chi connectivity index (χ1) is 7.65. The maximum absolute atomic E-state index is 5.82. The predicted octanol–water partition coefficient (Wildman–Crippen LogP) is 2.69. The van der Waals surface area contributed by atoms with Crippen molar-refractivity contribution in [2.24, 2.45) is 11.7 Å². The molecule has 0 spiro atoms. The summed E-state index contributed by atoms with van der Waals surface area (Å²) in [6, 6.07) is 7.03. The normalized spacial score (nSPS) is 17.2. The summed E-state index contributed by atoms with van der Waals surface area (Å²) in [5.41, 5.74) is 9.75. The fraction of sp³-hybridized carbons (Fsp3) is 0.571. The summed E-state index contributed by atoms with van der Waals surface area (Å²) in [7, 11) is 2.20. The topological polar surface area (TPSA) is 29.3 Å². The maximum atomic E-state index is 5.82. The van der Waals surface area contributed by atoms with Crippen LogP contribution in [-0.4, -0.2) is 13.1 Å². The van der Waals surface area contributed by atoms with Gasteiger partial charge in [-0.15, -0.1) is 0 Å². The molecule has 1 aromatic rings. The highest BCUT2D eigenvalue weighted by Gasteiger charge is 2.31. The van der Waals surface area contributed by atoms with Gasteiger partial charge >= 0.3 is 0 Å². The summed E-state index contributed by atoms with van der Waals surface area (Å²) in [6.45, 7) is 5.12. The lowest BCUT2D eigenvalue weighted by Crippen LogP contribution is -2.32. The molecule has 0 aliphatic heterocycles. The van der Waals surface area contributed by atoms with Crippen LogP contribution in [0.3, 0.4) is 0 Å². The van der Waals surface area contributed by atoms with Crippen molar-refractivity contribution in [3.05, 3.63) is 29.3 Å². The van der Waals surface area contributed by atoms with Gasteiger partial charge in [0, 0.05) is 25.3 Å². The minimum absolute atomic E-state index is 0.624. The second-order valence-corrected chi connectivity index (χ2v) is 4.98. The Morgan fingerprint density at radius 3 is 2.69 bits per heavy atom. The zero-order valence-corrected chi connectivity index (χ0v) is 10.5. The van der Waals surface area contributed by atoms with Crippen LogP contribution >= 0.6 is 0 Å². The molecule has 0 aromatic heterocycles. The predicted molar refractivity (Wildman–Crippen MR) is 69.7 cm³/mol. The molecular formula is C14H22N2. The van der Waals surface area contributed by atoms with E-state index in [1.807, 2.05) is 0 Å². The van der Waals surface area contributed by atoms with E-state index in [9.17, 15) is 0 Å². The number of anilines is 1. The van der Waals surface area contributed by atoms with Crippen LogP contribution in [0.4, 0.5) is 5.69 Å². The molecule has 0 saturated heterocycles. The molecular weight excluding hydrogens is 196 g/mol. The zero-order chi connectivity index (χ0) is 11.7. The van der Waals surface area contributed by atoms with E-state index < -0.39 is 0 Å². The average Bonchev–Trinajstić information content (AvgIpc) is 3.10. The van der Waals surface area contributed by atoms with Gasteiger partial charge in [0.1, 0.15) is 0 Å². The molecule has 1 aliphatic rings. The van der Waals surface area contributed by atoms with Gasteiger partial charge in [0.2, 0.25) is 0 Å². The molecule has 88 valence electrons. The van der Waals surface area contributed by atoms with Gasteiger partial charge in [-0.1, -0.05) is 18.2 Å². The molecule has 1 fully saturated rings. The van der Waals surface area contributed by atoms with Crippen molar-refractivity contribution in [1.29, 1.82) is 0 Å². The lowest BCUT2D eigenvalue weighted by Gasteiger charge is -2.30. The molecule has 0 bridgehead atoms. The van der Waals surface area contributed by atoms with Crippen LogP contribution in [-0.2, 0) is 6.54 Å². The van der Waals surface area contributed by atoms with E-state index >= 15 is 0 Å². The van der Waals surface area contributed by atoms with Gasteiger partial charge in [-0.25, -0.2) is 0 Å². The van der Waals surface area contributed by atoms with E-state index in [-0.39, 0.29) is 0 Å². The van der Waals surface area contributed by atoms with E-state index in [0.717, 1.165) is 5.92 Å². The molecule has 2 N–H and O–H groups in total. The van der Waals surface area contributed by atoms with Crippen LogP contribution < -0.4 is 10.6 Å². The van der Waals surface area contributed by atoms with Crippen molar-refractivity contribution >= 4 is 5.69 Å². The van der Waals surface area contributed by atoms with Crippen LogP contribution in [0.25, 0.3) is 0 Å². The lowest BCUT2D eigenvalue weighted by atomic mass is 10.0. The number of para-hydroxylation sites is 1. The van der Waals surface area contributed by atoms with Crippen molar-refractivity contribution in [2.45, 2.75) is 39.3 Å². The largest absolute Gasteiger partial charge is 0.371 e. The summed E-state index contributed by atoms with van der Waals surface area (Å²) >= 11 is 0. The highest BCUT2D eigenvalue weighted by molar-refractivity contribution is 5.59. The molecule has 1 unspecified atom stereocenters. The highest BCUT2D eigenvalue weighted by Crippen LogP contribution is 2.37. The number of aryl methyl sites for hydroxylation is 1. The zero-order valence-electron chi connectivity index (χ0n) is 10.5. The molecule has 0 heterocycles. The number of hydrogen-bond donors (Lipinski definition) is 1. The Bertz CT molecular complexity index is 369. The number of benzene rings is 1. The Morgan fingerprint density at radius 1 is 1.44 bits per heavy atom. The standard InChI is InChI=1S/C14H22N2/c1-10-5-4-6-13(9-15)14(10)16(3)11(2)12-7-8-12/h4-6,11-12H,7-9,15H2,1-3H3. The summed E-state index contributed by atoms with van der Waals surface area (Å²) < 4.78 is 0. The van der Waals surface area contributed by atoms with Crippen molar-refractivity contribution in [3.63, 3.8) is 0 Å². The third-order valence-corrected chi connectivity index (χ3v) is 3.81. The van der Waals surface area contributed by atoms with Gasteiger partial charge in [0.25, 0.3) is 0 Å². The van der Waals surface area contributed by atoms with Crippen LogP contribution in [0.1, 0.15) is 30.9 Å². The molecule has 0 radical (unpaired) electrons. The third kappa shape index (κ3) is 2.07. The minimum atomic E-state index is 0.624. The number of nitrogens with two attached hydrogens (primary N) is 1. The summed E-state index contributed by atoms with van der Waals surface area (Å²) in [5, 5.41) is 0. The highest BCUT2D eigenvalue weighted by atomic mass is 15.1. The van der Waals surface area contributed by atoms with Crippen LogP contribution in [0.2, 0.25) is 0 Å². The van der Waals surface area contributed by atoms with Gasteiger partial charge < -0.3 is 10.6 Å². The van der Waals surface area contributed by atoms with Gasteiger partial charge in [-0.3, -0.25) is 0 Å². The Kier molecular flexibility index (Phi) is 3.20. The summed E-state index contributed by atoms with van der Waals surface area (Å²) in [4.78, 5) is 2.41. The second kappa shape index (κ2) is 4.46. The molecule has 1 saturated carbocycles. The quantitative estimate of drug-likeness (QED) is 0.842. The fourth-order valence-electron chi connectivity index (χ4n) is 2.49. The van der Waals surface area contributed by atoms with Crippen LogP contribution in [0.5, 0.6) is 0 Å². The van der Waals surface area contributed by atoms with Gasteiger partial charge in [-0.2, -0.15) is 0 Å². The SMILES string of the molecule is Cc1cccc(CN)c1N(C)C(C)C1CC1. The van der Waals surface area contributed by atoms with E-state index in [2.05, 4.69) is 44.0 Å². The van der Waals surface area contributed by atoms with Gasteiger partial charge in [0.15, 0.2) is 0 Å². The Balaban J connectivity index is 2.30. The van der Waals surface area contributed by atoms with Crippen molar-refractivity contribution in [1.82, 2.24) is 0 Å². The monoisotopic (exact) mass is 218 g/mol. The molecule has 16 heavy (non-hydrogen) atoms. The van der Waals surface area contributed by atoms with Gasteiger partial charge in [0.05, 0.1) is 0 Å². The van der Waals surface area contributed by atoms with E-state index in [1.54, 1.807) is 0 Å². The molecule has 1 aliphatic carbocycles. The minimum Gasteiger partial charge on any atom is -0.371 e. The maximum Gasteiger partial charge on any atom is 0.0441 e. The smallest absolute Gasteiger partial charge is 0.0441 e. The Labute approximate surface area is 98.4 Å². The molecule has 1 aromatic carbocycles. The fourth-order valence-corrected chi connectivity index (χ4v) is 2.49. The van der Waals surface area contributed by atoms with E-state index in [4.69, 9.17) is 5.73 Å². The molecule has 0 amide bonds. The molecule has 2 rings (SSSR count). The number of rotatable bonds is 4. The second-order valence-electron chi connectivity index (χ2n) is 4.98. The molecule has 1 atom stereocenters. The van der Waals surface area contributed by atoms with Crippen LogP contribution in [0, 0.1) is 12.8 Å². The van der Waals surface area contributed by atoms with Crippen molar-refractivity contribution in [2.75, 3.05) is 11.9 Å². The first kappa shape index (κ1) is 11.5.